The van der Waals surface area contributed by atoms with E-state index < -0.39 is 0 Å². The van der Waals surface area contributed by atoms with E-state index in [0.29, 0.717) is 0 Å². The molecule has 0 fully saturated rings. The predicted molar refractivity (Wildman–Crippen MR) is 104 cm³/mol. The Bertz CT molecular complexity index is 903. The molecule has 0 atom stereocenters. The monoisotopic (exact) mass is 326 g/mol. The van der Waals surface area contributed by atoms with E-state index in [1.54, 1.807) is 12.1 Å². The number of rotatable bonds is 3. The van der Waals surface area contributed by atoms with Crippen LogP contribution in [-0.4, -0.2) is 0 Å². The Morgan fingerprint density at radius 1 is 0.680 bits per heavy atom. The molecule has 0 aliphatic rings. The summed E-state index contributed by atoms with van der Waals surface area (Å²) >= 11 is 0. The minimum atomic E-state index is -0.218. The number of aryl methyl sites for hydroxylation is 1. The molecule has 3 aromatic carbocycles. The molecular weight excluding hydrogens is 307 g/mol. The highest BCUT2D eigenvalue weighted by molar-refractivity contribution is 5.69. The fraction of sp³-hybridized carbons (Fsp3) is 0.0833. The van der Waals surface area contributed by atoms with Gasteiger partial charge in [0.25, 0.3) is 0 Å². The maximum Gasteiger partial charge on any atom is 0.123 e. The van der Waals surface area contributed by atoms with Crippen molar-refractivity contribution in [1.82, 2.24) is 0 Å². The van der Waals surface area contributed by atoms with Gasteiger partial charge in [-0.25, -0.2) is 4.39 Å². The second-order valence-electron chi connectivity index (χ2n) is 5.81. The van der Waals surface area contributed by atoms with Crippen LogP contribution in [0.25, 0.3) is 12.2 Å². The highest BCUT2D eigenvalue weighted by atomic mass is 19.1. The van der Waals surface area contributed by atoms with Crippen LogP contribution in [0, 0.1) is 17.7 Å². The minimum Gasteiger partial charge on any atom is -0.207 e. The Morgan fingerprint density at radius 3 is 1.60 bits per heavy atom. The van der Waals surface area contributed by atoms with Gasteiger partial charge in [-0.1, -0.05) is 67.3 Å². The third-order valence-electron chi connectivity index (χ3n) is 3.96. The number of halogens is 1. The largest absolute Gasteiger partial charge is 0.207 e. The highest BCUT2D eigenvalue weighted by Crippen LogP contribution is 2.11. The van der Waals surface area contributed by atoms with E-state index in [9.17, 15) is 4.39 Å². The topological polar surface area (TPSA) is 0 Å². The van der Waals surface area contributed by atoms with Crippen LogP contribution in [0.15, 0.2) is 72.8 Å². The SMILES string of the molecule is CCc1ccc(C#Cc2ccc(C=Cc3ccc(F)cc3)cc2)cc1. The van der Waals surface area contributed by atoms with Crippen molar-refractivity contribution in [1.29, 1.82) is 0 Å². The summed E-state index contributed by atoms with van der Waals surface area (Å²) in [7, 11) is 0. The average Bonchev–Trinajstić information content (AvgIpc) is 2.67. The van der Waals surface area contributed by atoms with E-state index >= 15 is 0 Å². The Balaban J connectivity index is 1.67. The summed E-state index contributed by atoms with van der Waals surface area (Å²) in [5.41, 5.74) is 5.39. The smallest absolute Gasteiger partial charge is 0.123 e. The van der Waals surface area contributed by atoms with Gasteiger partial charge in [-0.2, -0.15) is 0 Å². The fourth-order valence-corrected chi connectivity index (χ4v) is 2.41. The van der Waals surface area contributed by atoms with Crippen molar-refractivity contribution in [2.45, 2.75) is 13.3 Å². The van der Waals surface area contributed by atoms with Gasteiger partial charge < -0.3 is 0 Å². The van der Waals surface area contributed by atoms with Gasteiger partial charge >= 0.3 is 0 Å². The van der Waals surface area contributed by atoms with Crippen molar-refractivity contribution >= 4 is 12.2 Å². The second kappa shape index (κ2) is 8.13. The van der Waals surface area contributed by atoms with E-state index in [4.69, 9.17) is 0 Å². The lowest BCUT2D eigenvalue weighted by Gasteiger charge is -1.97. The first-order chi connectivity index (χ1) is 12.2. The summed E-state index contributed by atoms with van der Waals surface area (Å²) in [6, 6.07) is 22.9. The lowest BCUT2D eigenvalue weighted by molar-refractivity contribution is 0.628. The van der Waals surface area contributed by atoms with Crippen molar-refractivity contribution in [3.05, 3.63) is 106 Å². The Hall–Kier alpha value is -3.11. The van der Waals surface area contributed by atoms with Gasteiger partial charge in [0, 0.05) is 11.1 Å². The summed E-state index contributed by atoms with van der Waals surface area (Å²) in [4.78, 5) is 0. The first kappa shape index (κ1) is 16.7. The maximum atomic E-state index is 12.9. The van der Waals surface area contributed by atoms with Crippen molar-refractivity contribution in [3.63, 3.8) is 0 Å². The molecule has 1 heteroatoms. The van der Waals surface area contributed by atoms with Crippen LogP contribution in [0.5, 0.6) is 0 Å². The van der Waals surface area contributed by atoms with Gasteiger partial charge in [0.05, 0.1) is 0 Å². The molecule has 0 bridgehead atoms. The van der Waals surface area contributed by atoms with Crippen LogP contribution >= 0.6 is 0 Å². The van der Waals surface area contributed by atoms with E-state index in [2.05, 4.69) is 43.0 Å². The first-order valence-corrected chi connectivity index (χ1v) is 8.37. The first-order valence-electron chi connectivity index (χ1n) is 8.37. The lowest BCUT2D eigenvalue weighted by atomic mass is 10.1. The molecule has 0 saturated heterocycles. The molecule has 0 heterocycles. The lowest BCUT2D eigenvalue weighted by Crippen LogP contribution is -1.81. The Morgan fingerprint density at radius 2 is 1.12 bits per heavy atom. The molecule has 0 N–H and O–H groups in total. The van der Waals surface area contributed by atoms with Crippen LogP contribution in [0.4, 0.5) is 4.39 Å². The molecule has 122 valence electrons. The zero-order chi connectivity index (χ0) is 17.5. The number of hydrogen-bond donors (Lipinski definition) is 0. The van der Waals surface area contributed by atoms with Gasteiger partial charge in [0.1, 0.15) is 5.82 Å². The second-order valence-corrected chi connectivity index (χ2v) is 5.81. The molecular formula is C24H19F. The standard InChI is InChI=1S/C24H19F/c1-2-19-3-5-20(6-4-19)7-8-21-9-11-22(12-10-21)13-14-23-15-17-24(25)18-16-23/h3-6,9-18H,2H2,1H3. The maximum absolute atomic E-state index is 12.9. The Kier molecular flexibility index (Phi) is 5.44. The molecule has 0 unspecified atom stereocenters. The Labute approximate surface area is 148 Å². The van der Waals surface area contributed by atoms with Gasteiger partial charge in [-0.05, 0) is 59.5 Å². The molecule has 0 saturated carbocycles. The number of hydrogen-bond acceptors (Lipinski definition) is 0. The molecule has 0 spiro atoms. The summed E-state index contributed by atoms with van der Waals surface area (Å²) in [5, 5.41) is 0. The molecule has 0 aliphatic heterocycles. The van der Waals surface area contributed by atoms with E-state index in [0.717, 1.165) is 28.7 Å². The molecule has 0 aromatic heterocycles. The van der Waals surface area contributed by atoms with E-state index in [-0.39, 0.29) is 5.82 Å². The summed E-state index contributed by atoms with van der Waals surface area (Å²) in [5.74, 6) is 6.16. The summed E-state index contributed by atoms with van der Waals surface area (Å²) in [6.45, 7) is 2.15. The molecule has 25 heavy (non-hydrogen) atoms. The van der Waals surface area contributed by atoms with Crippen LogP contribution in [0.2, 0.25) is 0 Å². The predicted octanol–water partition coefficient (Wildman–Crippen LogP) is 5.96. The number of benzene rings is 3. The molecule has 0 amide bonds. The normalized spacial score (nSPS) is 10.5. The third-order valence-corrected chi connectivity index (χ3v) is 3.96. The third kappa shape index (κ3) is 4.93. The average molecular weight is 326 g/mol. The van der Waals surface area contributed by atoms with Gasteiger partial charge in [0.2, 0.25) is 0 Å². The summed E-state index contributed by atoms with van der Waals surface area (Å²) < 4.78 is 12.9. The quantitative estimate of drug-likeness (QED) is 0.411. The van der Waals surface area contributed by atoms with Crippen molar-refractivity contribution in [2.24, 2.45) is 0 Å². The zero-order valence-electron chi connectivity index (χ0n) is 14.2. The minimum absolute atomic E-state index is 0.218. The van der Waals surface area contributed by atoms with Gasteiger partial charge in [-0.15, -0.1) is 0 Å². The molecule has 0 nitrogen and oxygen atoms in total. The van der Waals surface area contributed by atoms with Crippen LogP contribution in [-0.2, 0) is 6.42 Å². The molecule has 3 rings (SSSR count). The van der Waals surface area contributed by atoms with Crippen LogP contribution in [0.3, 0.4) is 0 Å². The summed E-state index contributed by atoms with van der Waals surface area (Å²) in [6.07, 6.45) is 5.02. The van der Waals surface area contributed by atoms with Gasteiger partial charge in [0.15, 0.2) is 0 Å². The zero-order valence-corrected chi connectivity index (χ0v) is 14.2. The van der Waals surface area contributed by atoms with Crippen LogP contribution < -0.4 is 0 Å². The molecule has 0 radical (unpaired) electrons. The van der Waals surface area contributed by atoms with E-state index in [1.807, 2.05) is 36.4 Å². The van der Waals surface area contributed by atoms with Crippen LogP contribution in [0.1, 0.15) is 34.7 Å². The molecule has 0 aliphatic carbocycles. The van der Waals surface area contributed by atoms with Crippen molar-refractivity contribution < 1.29 is 4.39 Å². The van der Waals surface area contributed by atoms with Gasteiger partial charge in [-0.3, -0.25) is 0 Å². The van der Waals surface area contributed by atoms with E-state index in [1.165, 1.54) is 17.7 Å². The highest BCUT2D eigenvalue weighted by Gasteiger charge is 1.92. The fourth-order valence-electron chi connectivity index (χ4n) is 2.41. The van der Waals surface area contributed by atoms with Crippen molar-refractivity contribution in [3.8, 4) is 11.8 Å². The molecule has 3 aromatic rings. The van der Waals surface area contributed by atoms with Crippen molar-refractivity contribution in [2.75, 3.05) is 0 Å².